The van der Waals surface area contributed by atoms with Gasteiger partial charge >= 0.3 is 91.0 Å². The van der Waals surface area contributed by atoms with Gasteiger partial charge in [0.2, 0.25) is 0 Å². The second kappa shape index (κ2) is 15.5. The molecule has 0 rings (SSSR count). The minimum absolute atomic E-state index is 0.750. The van der Waals surface area contributed by atoms with Crippen LogP contribution in [0.5, 0.6) is 0 Å². The SMILES string of the molecule is CC(C)(C)[O-].CCCCC[CH2][Al+][CH2]CCCCC. The van der Waals surface area contributed by atoms with Crippen LogP contribution in [0.1, 0.15) is 86.0 Å². The molecule has 0 atom stereocenters. The molecule has 18 heavy (non-hydrogen) atoms. The molecule has 108 valence electrons. The van der Waals surface area contributed by atoms with Crippen molar-refractivity contribution in [2.75, 3.05) is 0 Å². The molecule has 0 heterocycles. The molecule has 0 bridgehead atoms. The second-order valence-electron chi connectivity index (χ2n) is 6.10. The Morgan fingerprint density at radius 3 is 1.33 bits per heavy atom. The molecule has 0 unspecified atom stereocenters. The van der Waals surface area contributed by atoms with Gasteiger partial charge < -0.3 is 5.11 Å². The first-order valence-corrected chi connectivity index (χ1v) is 9.57. The van der Waals surface area contributed by atoms with Crippen molar-refractivity contribution in [3.8, 4) is 0 Å². The summed E-state index contributed by atoms with van der Waals surface area (Å²) in [5.41, 5.74) is -0.750. The third-order valence-electron chi connectivity index (χ3n) is 2.52. The van der Waals surface area contributed by atoms with Gasteiger partial charge in [-0.25, -0.2) is 0 Å². The van der Waals surface area contributed by atoms with Gasteiger partial charge in [-0.15, -0.1) is 5.60 Å². The van der Waals surface area contributed by atoms with Crippen LogP contribution in [0.4, 0.5) is 0 Å². The van der Waals surface area contributed by atoms with Gasteiger partial charge in [0.05, 0.1) is 0 Å². The number of unbranched alkanes of at least 4 members (excludes halogenated alkanes) is 6. The van der Waals surface area contributed by atoms with Gasteiger partial charge in [-0.2, -0.15) is 0 Å². The van der Waals surface area contributed by atoms with Gasteiger partial charge in [0.15, 0.2) is 0 Å². The predicted octanol–water partition coefficient (Wildman–Crippen LogP) is 4.83. The quantitative estimate of drug-likeness (QED) is 0.412. The Bertz CT molecular complexity index is 125. The van der Waals surface area contributed by atoms with E-state index in [-0.39, 0.29) is 0 Å². The van der Waals surface area contributed by atoms with E-state index in [4.69, 9.17) is 0 Å². The summed E-state index contributed by atoms with van der Waals surface area (Å²) in [4.78, 5) is 0. The summed E-state index contributed by atoms with van der Waals surface area (Å²) in [6.07, 6.45) is 11.7. The van der Waals surface area contributed by atoms with Gasteiger partial charge in [0.25, 0.3) is 0 Å². The summed E-state index contributed by atoms with van der Waals surface area (Å²) in [6, 6.07) is 0. The molecule has 0 spiro atoms. The molecular weight excluding hydrogens is 235 g/mol. The van der Waals surface area contributed by atoms with E-state index in [0.717, 1.165) is 15.2 Å². The molecule has 0 amide bonds. The molecule has 0 radical (unpaired) electrons. The summed E-state index contributed by atoms with van der Waals surface area (Å²) < 4.78 is 0. The predicted molar refractivity (Wildman–Crippen MR) is 83.4 cm³/mol. The summed E-state index contributed by atoms with van der Waals surface area (Å²) in [6.45, 7) is 9.47. The van der Waals surface area contributed by atoms with Gasteiger partial charge in [-0.3, -0.25) is 0 Å². The van der Waals surface area contributed by atoms with Crippen LogP contribution in [0.25, 0.3) is 0 Å². The zero-order chi connectivity index (χ0) is 14.3. The fourth-order valence-electron chi connectivity index (χ4n) is 1.58. The molecule has 0 aromatic carbocycles. The molecule has 0 aromatic heterocycles. The van der Waals surface area contributed by atoms with Crippen LogP contribution in [0.3, 0.4) is 0 Å². The van der Waals surface area contributed by atoms with Crippen LogP contribution in [0.2, 0.25) is 10.6 Å². The van der Waals surface area contributed by atoms with Crippen molar-refractivity contribution in [1.82, 2.24) is 0 Å². The summed E-state index contributed by atoms with van der Waals surface area (Å²) in [5.74, 6) is 0. The Morgan fingerprint density at radius 2 is 1.06 bits per heavy atom. The molecule has 2 heteroatoms. The van der Waals surface area contributed by atoms with E-state index in [2.05, 4.69) is 13.8 Å². The molecule has 0 aromatic rings. The Morgan fingerprint density at radius 1 is 0.722 bits per heavy atom. The van der Waals surface area contributed by atoms with Crippen molar-refractivity contribution in [2.45, 2.75) is 102 Å². The monoisotopic (exact) mass is 270 g/mol. The van der Waals surface area contributed by atoms with E-state index in [0.29, 0.717) is 0 Å². The van der Waals surface area contributed by atoms with Gasteiger partial charge in [0, 0.05) is 0 Å². The maximum atomic E-state index is 10.1. The number of rotatable bonds is 10. The Hall–Kier alpha value is 0.492. The maximum absolute atomic E-state index is 10.1. The second-order valence-corrected chi connectivity index (χ2v) is 7.83. The first-order chi connectivity index (χ1) is 8.41. The molecular formula is C16H35AlO. The molecule has 0 fully saturated rings. The standard InChI is InChI=1S/2C6H13.C4H9O.Al/c2*1-3-5-6-4-2;1-4(2,3)5;/h2*1,3-6H2,2H3;1-3H3;/q;;-1;+1. The van der Waals surface area contributed by atoms with Crippen LogP contribution < -0.4 is 5.11 Å². The van der Waals surface area contributed by atoms with E-state index in [1.807, 2.05) is 0 Å². The van der Waals surface area contributed by atoms with Crippen LogP contribution in [0, 0.1) is 0 Å². The first-order valence-electron chi connectivity index (χ1n) is 7.93. The fourth-order valence-corrected chi connectivity index (χ4v) is 3.02. The van der Waals surface area contributed by atoms with E-state index < -0.39 is 5.60 Å². The van der Waals surface area contributed by atoms with Crippen molar-refractivity contribution < 1.29 is 5.11 Å². The topological polar surface area (TPSA) is 23.1 Å². The van der Waals surface area contributed by atoms with Crippen molar-refractivity contribution in [3.63, 3.8) is 0 Å². The third-order valence-corrected chi connectivity index (χ3v) is 4.16. The third kappa shape index (κ3) is 36.0. The van der Waals surface area contributed by atoms with Crippen molar-refractivity contribution in [2.24, 2.45) is 0 Å². The summed E-state index contributed by atoms with van der Waals surface area (Å²) >= 11 is 0.805. The Kier molecular flexibility index (Phi) is 18.0. The molecule has 0 aliphatic heterocycles. The summed E-state index contributed by atoms with van der Waals surface area (Å²) in [7, 11) is 0. The van der Waals surface area contributed by atoms with Crippen molar-refractivity contribution >= 4 is 15.2 Å². The van der Waals surface area contributed by atoms with Crippen LogP contribution in [-0.2, 0) is 0 Å². The van der Waals surface area contributed by atoms with Gasteiger partial charge in [0.1, 0.15) is 0 Å². The van der Waals surface area contributed by atoms with E-state index in [9.17, 15) is 5.11 Å². The van der Waals surface area contributed by atoms with E-state index in [1.165, 1.54) is 51.4 Å². The zero-order valence-electron chi connectivity index (χ0n) is 13.6. The van der Waals surface area contributed by atoms with Crippen molar-refractivity contribution in [3.05, 3.63) is 0 Å². The normalized spacial score (nSPS) is 10.6. The van der Waals surface area contributed by atoms with Crippen LogP contribution >= 0.6 is 0 Å². The van der Waals surface area contributed by atoms with Gasteiger partial charge in [-0.05, 0) is 0 Å². The summed E-state index contributed by atoms with van der Waals surface area (Å²) in [5, 5.41) is 13.2. The van der Waals surface area contributed by atoms with Crippen molar-refractivity contribution in [1.29, 1.82) is 0 Å². The molecule has 0 saturated heterocycles. The molecule has 0 N–H and O–H groups in total. The first kappa shape index (κ1) is 20.8. The van der Waals surface area contributed by atoms with Gasteiger partial charge in [-0.1, -0.05) is 20.8 Å². The molecule has 0 aliphatic rings. The Labute approximate surface area is 122 Å². The average Bonchev–Trinajstić information content (AvgIpc) is 2.25. The Balaban J connectivity index is 0. The van der Waals surface area contributed by atoms with Crippen LogP contribution in [-0.4, -0.2) is 20.8 Å². The van der Waals surface area contributed by atoms with E-state index >= 15 is 0 Å². The van der Waals surface area contributed by atoms with Crippen LogP contribution in [0.15, 0.2) is 0 Å². The van der Waals surface area contributed by atoms with E-state index in [1.54, 1.807) is 31.3 Å². The molecule has 0 saturated carbocycles. The average molecular weight is 270 g/mol. The molecule has 1 nitrogen and oxygen atoms in total. The number of hydrogen-bond donors (Lipinski definition) is 0. The fraction of sp³-hybridized carbons (Fsp3) is 1.00. The zero-order valence-corrected chi connectivity index (χ0v) is 14.7. The number of hydrogen-bond acceptors (Lipinski definition) is 1. The molecule has 0 aliphatic carbocycles. The minimum atomic E-state index is -0.750.